The lowest BCUT2D eigenvalue weighted by Crippen LogP contribution is -2.48. The molecular formula is C13H23NO4. The second kappa shape index (κ2) is 6.18. The van der Waals surface area contributed by atoms with Gasteiger partial charge in [0.15, 0.2) is 5.60 Å². The topological polar surface area (TPSA) is 77.8 Å². The number of carboxylic acid groups (broad SMARTS) is 1. The second-order valence-electron chi connectivity index (χ2n) is 5.38. The molecule has 0 spiro atoms. The van der Waals surface area contributed by atoms with Crippen molar-refractivity contribution in [3.8, 4) is 0 Å². The number of amides is 1. The largest absolute Gasteiger partial charge is 0.479 e. The van der Waals surface area contributed by atoms with Crippen LogP contribution in [0.1, 0.15) is 46.0 Å². The van der Waals surface area contributed by atoms with Gasteiger partial charge in [0.25, 0.3) is 0 Å². The summed E-state index contributed by atoms with van der Waals surface area (Å²) in [5.41, 5.74) is -1.86. The first kappa shape index (κ1) is 15.0. The molecule has 2 unspecified atom stereocenters. The van der Waals surface area contributed by atoms with E-state index in [4.69, 9.17) is 5.11 Å². The van der Waals surface area contributed by atoms with Crippen LogP contribution in [0.15, 0.2) is 0 Å². The normalized spacial score (nSPS) is 24.5. The highest BCUT2D eigenvalue weighted by molar-refractivity contribution is 5.80. The Balaban J connectivity index is 2.61. The molecule has 1 aliphatic rings. The number of rotatable bonds is 5. The Labute approximate surface area is 108 Å². The minimum absolute atomic E-state index is 0.0462. The van der Waals surface area contributed by atoms with Crippen LogP contribution >= 0.6 is 0 Å². The monoisotopic (exact) mass is 257 g/mol. The highest BCUT2D eigenvalue weighted by Crippen LogP contribution is 2.23. The number of likely N-dealkylation sites (tertiary alicyclic amines) is 1. The predicted molar refractivity (Wildman–Crippen MR) is 67.1 cm³/mol. The number of hydrogen-bond acceptors (Lipinski definition) is 3. The van der Waals surface area contributed by atoms with E-state index in [2.05, 4.69) is 6.92 Å². The zero-order valence-corrected chi connectivity index (χ0v) is 11.2. The van der Waals surface area contributed by atoms with Crippen LogP contribution in [0.5, 0.6) is 0 Å². The van der Waals surface area contributed by atoms with E-state index in [1.807, 2.05) is 0 Å². The molecule has 1 heterocycles. The summed E-state index contributed by atoms with van der Waals surface area (Å²) in [6.07, 6.45) is 4.44. The fourth-order valence-corrected chi connectivity index (χ4v) is 2.40. The molecule has 1 rings (SSSR count). The number of aliphatic hydroxyl groups is 1. The second-order valence-corrected chi connectivity index (χ2v) is 5.38. The predicted octanol–water partition coefficient (Wildman–Crippen LogP) is 1.25. The lowest BCUT2D eigenvalue weighted by atomic mass is 9.96. The Hall–Kier alpha value is -1.10. The summed E-state index contributed by atoms with van der Waals surface area (Å²) in [7, 11) is 0. The molecule has 5 nitrogen and oxygen atoms in total. The zero-order valence-electron chi connectivity index (χ0n) is 11.2. The lowest BCUT2D eigenvalue weighted by Gasteiger charge is -2.28. The van der Waals surface area contributed by atoms with Gasteiger partial charge in [-0.1, -0.05) is 19.8 Å². The number of aliphatic carboxylic acids is 1. The van der Waals surface area contributed by atoms with Crippen LogP contribution in [0.25, 0.3) is 0 Å². The first-order valence-electron chi connectivity index (χ1n) is 6.60. The molecule has 1 fully saturated rings. The molecule has 2 N–H and O–H groups in total. The molecule has 104 valence electrons. The fourth-order valence-electron chi connectivity index (χ4n) is 2.40. The summed E-state index contributed by atoms with van der Waals surface area (Å²) in [6.45, 7) is 3.78. The number of carbonyl (C=O) groups is 2. The van der Waals surface area contributed by atoms with Gasteiger partial charge in [0.1, 0.15) is 0 Å². The van der Waals surface area contributed by atoms with E-state index in [1.165, 1.54) is 11.8 Å². The minimum Gasteiger partial charge on any atom is -0.479 e. The van der Waals surface area contributed by atoms with Crippen LogP contribution in [0, 0.1) is 5.92 Å². The third-order valence-electron chi connectivity index (χ3n) is 3.58. The van der Waals surface area contributed by atoms with Gasteiger partial charge >= 0.3 is 5.97 Å². The Morgan fingerprint density at radius 2 is 2.17 bits per heavy atom. The average molecular weight is 257 g/mol. The van der Waals surface area contributed by atoms with Crippen molar-refractivity contribution in [1.82, 2.24) is 4.90 Å². The molecule has 0 aliphatic carbocycles. The minimum atomic E-state index is -1.86. The lowest BCUT2D eigenvalue weighted by molar-refractivity contribution is -0.159. The number of carbonyl (C=O) groups excluding carboxylic acids is 1. The first-order chi connectivity index (χ1) is 8.36. The van der Waals surface area contributed by atoms with E-state index in [1.54, 1.807) is 0 Å². The summed E-state index contributed by atoms with van der Waals surface area (Å²) < 4.78 is 0. The highest BCUT2D eigenvalue weighted by atomic mass is 16.4. The van der Waals surface area contributed by atoms with Crippen molar-refractivity contribution in [3.63, 3.8) is 0 Å². The summed E-state index contributed by atoms with van der Waals surface area (Å²) >= 11 is 0. The molecule has 0 aromatic rings. The van der Waals surface area contributed by atoms with Gasteiger partial charge in [-0.25, -0.2) is 4.79 Å². The van der Waals surface area contributed by atoms with Crippen LogP contribution in [-0.4, -0.2) is 45.7 Å². The van der Waals surface area contributed by atoms with Crippen LogP contribution in [-0.2, 0) is 9.59 Å². The summed E-state index contributed by atoms with van der Waals surface area (Å²) in [6, 6.07) is 0. The van der Waals surface area contributed by atoms with Gasteiger partial charge in [0.05, 0.1) is 6.54 Å². The van der Waals surface area contributed by atoms with Gasteiger partial charge in [-0.2, -0.15) is 0 Å². The molecule has 0 saturated carbocycles. The molecule has 0 radical (unpaired) electrons. The zero-order chi connectivity index (χ0) is 13.8. The number of hydrogen-bond donors (Lipinski definition) is 2. The summed E-state index contributed by atoms with van der Waals surface area (Å²) in [5, 5.41) is 18.6. The van der Waals surface area contributed by atoms with E-state index in [9.17, 15) is 14.7 Å². The van der Waals surface area contributed by atoms with Gasteiger partial charge in [-0.3, -0.25) is 4.79 Å². The van der Waals surface area contributed by atoms with Crippen molar-refractivity contribution < 1.29 is 19.8 Å². The van der Waals surface area contributed by atoms with E-state index in [0.717, 1.165) is 25.7 Å². The maximum absolute atomic E-state index is 11.9. The highest BCUT2D eigenvalue weighted by Gasteiger charge is 2.35. The van der Waals surface area contributed by atoms with Crippen molar-refractivity contribution in [2.75, 3.05) is 13.1 Å². The molecule has 5 heteroatoms. The maximum atomic E-state index is 11.9. The standard InChI is InChI=1S/C13H23NO4/c1-3-4-10-5-6-11(15)14(8-7-10)9-13(2,18)12(16)17/h10,18H,3-9H2,1-2H3,(H,16,17). The maximum Gasteiger partial charge on any atom is 0.337 e. The van der Waals surface area contributed by atoms with Crippen molar-refractivity contribution in [2.24, 2.45) is 5.92 Å². The number of nitrogens with zero attached hydrogens (tertiary/aromatic N) is 1. The SMILES string of the molecule is CCCC1CCC(=O)N(CC(C)(O)C(=O)O)CC1. The van der Waals surface area contributed by atoms with Crippen molar-refractivity contribution in [1.29, 1.82) is 0 Å². The molecule has 0 aromatic carbocycles. The smallest absolute Gasteiger partial charge is 0.337 e. The van der Waals surface area contributed by atoms with Gasteiger partial charge in [0.2, 0.25) is 5.91 Å². The van der Waals surface area contributed by atoms with Crippen molar-refractivity contribution in [2.45, 2.75) is 51.6 Å². The molecule has 1 amide bonds. The van der Waals surface area contributed by atoms with Gasteiger partial charge in [-0.05, 0) is 25.7 Å². The molecule has 2 atom stereocenters. The van der Waals surface area contributed by atoms with Gasteiger partial charge in [-0.15, -0.1) is 0 Å². The number of β-amino-alcohol motifs (C(OH)–C–C–N with tert-alkyl or cyclic N) is 1. The van der Waals surface area contributed by atoms with E-state index in [0.29, 0.717) is 18.9 Å². The summed E-state index contributed by atoms with van der Waals surface area (Å²) in [5.74, 6) is -0.793. The Morgan fingerprint density at radius 1 is 1.50 bits per heavy atom. The Morgan fingerprint density at radius 3 is 2.72 bits per heavy atom. The third kappa shape index (κ3) is 3.98. The van der Waals surface area contributed by atoms with Crippen LogP contribution in [0.4, 0.5) is 0 Å². The first-order valence-corrected chi connectivity index (χ1v) is 6.60. The molecule has 1 aliphatic heterocycles. The van der Waals surface area contributed by atoms with Crippen LogP contribution in [0.2, 0.25) is 0 Å². The summed E-state index contributed by atoms with van der Waals surface area (Å²) in [4.78, 5) is 24.2. The quantitative estimate of drug-likeness (QED) is 0.777. The number of carboxylic acids is 1. The van der Waals surface area contributed by atoms with Crippen LogP contribution in [0.3, 0.4) is 0 Å². The molecular weight excluding hydrogens is 234 g/mol. The van der Waals surface area contributed by atoms with Crippen molar-refractivity contribution in [3.05, 3.63) is 0 Å². The van der Waals surface area contributed by atoms with Crippen LogP contribution < -0.4 is 0 Å². The van der Waals surface area contributed by atoms with E-state index < -0.39 is 11.6 Å². The molecule has 0 aromatic heterocycles. The average Bonchev–Trinajstić information content (AvgIpc) is 2.44. The third-order valence-corrected chi connectivity index (χ3v) is 3.58. The Bertz CT molecular complexity index is 314. The van der Waals surface area contributed by atoms with Crippen molar-refractivity contribution >= 4 is 11.9 Å². The van der Waals surface area contributed by atoms with Gasteiger partial charge in [0, 0.05) is 13.0 Å². The molecule has 1 saturated heterocycles. The van der Waals surface area contributed by atoms with E-state index >= 15 is 0 Å². The molecule has 0 bridgehead atoms. The Kier molecular flexibility index (Phi) is 5.14. The van der Waals surface area contributed by atoms with E-state index in [-0.39, 0.29) is 12.5 Å². The van der Waals surface area contributed by atoms with Gasteiger partial charge < -0.3 is 15.1 Å². The fraction of sp³-hybridized carbons (Fsp3) is 0.846. The molecule has 18 heavy (non-hydrogen) atoms.